The average molecular weight is 401 g/mol. The zero-order chi connectivity index (χ0) is 17.6. The third-order valence-electron chi connectivity index (χ3n) is 4.81. The molecule has 2 aromatic rings. The molecule has 2 aromatic carbocycles. The number of aryl methyl sites for hydroxylation is 2. The molecule has 0 heterocycles. The van der Waals surface area contributed by atoms with Crippen molar-refractivity contribution in [3.63, 3.8) is 0 Å². The van der Waals surface area contributed by atoms with E-state index in [9.17, 15) is 4.79 Å². The van der Waals surface area contributed by atoms with Crippen molar-refractivity contribution in [3.8, 4) is 0 Å². The predicted molar refractivity (Wildman–Crippen MR) is 106 cm³/mol. The highest BCUT2D eigenvalue weighted by molar-refractivity contribution is 9.10. The molecule has 25 heavy (non-hydrogen) atoms. The van der Waals surface area contributed by atoms with Crippen molar-refractivity contribution in [1.82, 2.24) is 10.6 Å². The second-order valence-corrected chi connectivity index (χ2v) is 7.65. The number of fused-ring (bicyclic) bond motifs is 1. The summed E-state index contributed by atoms with van der Waals surface area (Å²) in [6, 6.07) is 14.7. The lowest BCUT2D eigenvalue weighted by Gasteiger charge is -2.20. The summed E-state index contributed by atoms with van der Waals surface area (Å²) in [7, 11) is 0. The molecule has 3 nitrogen and oxygen atoms in total. The molecule has 1 unspecified atom stereocenters. The van der Waals surface area contributed by atoms with Crippen molar-refractivity contribution in [2.24, 2.45) is 0 Å². The van der Waals surface area contributed by atoms with Gasteiger partial charge in [-0.15, -0.1) is 0 Å². The Bertz CT molecular complexity index is 744. The number of halogens is 1. The van der Waals surface area contributed by atoms with Gasteiger partial charge in [-0.25, -0.2) is 4.79 Å². The monoisotopic (exact) mass is 400 g/mol. The zero-order valence-electron chi connectivity index (χ0n) is 14.6. The number of benzene rings is 2. The van der Waals surface area contributed by atoms with E-state index in [0.29, 0.717) is 6.54 Å². The van der Waals surface area contributed by atoms with Crippen LogP contribution in [0.2, 0.25) is 0 Å². The fourth-order valence-corrected chi connectivity index (χ4v) is 3.81. The number of amides is 2. The van der Waals surface area contributed by atoms with E-state index in [1.54, 1.807) is 0 Å². The summed E-state index contributed by atoms with van der Waals surface area (Å²) < 4.78 is 1.07. The lowest BCUT2D eigenvalue weighted by molar-refractivity contribution is 0.238. The van der Waals surface area contributed by atoms with Gasteiger partial charge < -0.3 is 10.6 Å². The van der Waals surface area contributed by atoms with Crippen LogP contribution in [0.25, 0.3) is 0 Å². The van der Waals surface area contributed by atoms with Gasteiger partial charge in [-0.2, -0.15) is 0 Å². The molecular weight excluding hydrogens is 376 g/mol. The Labute approximate surface area is 158 Å². The minimum absolute atomic E-state index is 0.0121. The van der Waals surface area contributed by atoms with Crippen LogP contribution in [0.3, 0.4) is 0 Å². The Hall–Kier alpha value is -1.81. The molecule has 3 rings (SSSR count). The van der Waals surface area contributed by atoms with Crippen LogP contribution in [0.4, 0.5) is 4.79 Å². The Kier molecular flexibility index (Phi) is 6.14. The van der Waals surface area contributed by atoms with Gasteiger partial charge in [0.25, 0.3) is 0 Å². The minimum Gasteiger partial charge on any atom is -0.338 e. The van der Waals surface area contributed by atoms with Crippen LogP contribution in [0.15, 0.2) is 46.9 Å². The molecule has 0 aromatic heterocycles. The second kappa shape index (κ2) is 8.52. The molecule has 0 aliphatic heterocycles. The zero-order valence-corrected chi connectivity index (χ0v) is 16.2. The number of urea groups is 1. The summed E-state index contributed by atoms with van der Waals surface area (Å²) >= 11 is 3.47. The molecule has 132 valence electrons. The van der Waals surface area contributed by atoms with Crippen molar-refractivity contribution in [2.45, 2.75) is 45.1 Å². The molecule has 0 bridgehead atoms. The summed E-state index contributed by atoms with van der Waals surface area (Å²) in [5.41, 5.74) is 5.31. The van der Waals surface area contributed by atoms with E-state index in [0.717, 1.165) is 17.3 Å². The Morgan fingerprint density at radius 1 is 1.12 bits per heavy atom. The average Bonchev–Trinajstić information content (AvgIpc) is 2.61. The van der Waals surface area contributed by atoms with Gasteiger partial charge in [0.05, 0.1) is 6.04 Å². The first-order valence-electron chi connectivity index (χ1n) is 9.02. The maximum Gasteiger partial charge on any atom is 0.315 e. The normalized spacial score (nSPS) is 14.5. The first kappa shape index (κ1) is 18.0. The molecule has 0 spiro atoms. The molecule has 0 radical (unpaired) electrons. The fourth-order valence-electron chi connectivity index (χ4n) is 3.37. The minimum atomic E-state index is -0.111. The number of carbonyl (C=O) groups excluding carboxylic acids is 1. The van der Waals surface area contributed by atoms with Gasteiger partial charge >= 0.3 is 6.03 Å². The van der Waals surface area contributed by atoms with Crippen LogP contribution in [-0.4, -0.2) is 12.6 Å². The molecule has 4 heteroatoms. The van der Waals surface area contributed by atoms with Gasteiger partial charge in [0.15, 0.2) is 0 Å². The van der Waals surface area contributed by atoms with E-state index in [1.807, 2.05) is 19.1 Å². The van der Waals surface area contributed by atoms with Gasteiger partial charge in [0, 0.05) is 11.0 Å². The second-order valence-electron chi connectivity index (χ2n) is 6.74. The molecule has 0 saturated carbocycles. The SMILES string of the molecule is CC(NC(=O)NCCc1cccc(Br)c1)c1ccc2c(c1)CCCC2. The van der Waals surface area contributed by atoms with Crippen molar-refractivity contribution >= 4 is 22.0 Å². The topological polar surface area (TPSA) is 41.1 Å². The highest BCUT2D eigenvalue weighted by Crippen LogP contribution is 2.24. The summed E-state index contributed by atoms with van der Waals surface area (Å²) in [6.45, 7) is 2.66. The largest absolute Gasteiger partial charge is 0.338 e. The molecule has 0 saturated heterocycles. The molecular formula is C21H25BrN2O. The van der Waals surface area contributed by atoms with Crippen molar-refractivity contribution in [2.75, 3.05) is 6.54 Å². The van der Waals surface area contributed by atoms with Crippen LogP contribution >= 0.6 is 15.9 Å². The van der Waals surface area contributed by atoms with E-state index in [1.165, 1.54) is 41.5 Å². The highest BCUT2D eigenvalue weighted by Gasteiger charge is 2.13. The molecule has 0 fully saturated rings. The van der Waals surface area contributed by atoms with Gasteiger partial charge in [0.1, 0.15) is 0 Å². The Morgan fingerprint density at radius 3 is 2.72 bits per heavy atom. The van der Waals surface area contributed by atoms with E-state index < -0.39 is 0 Å². The number of hydrogen-bond acceptors (Lipinski definition) is 1. The number of rotatable bonds is 5. The third-order valence-corrected chi connectivity index (χ3v) is 5.30. The van der Waals surface area contributed by atoms with E-state index in [-0.39, 0.29) is 12.1 Å². The Morgan fingerprint density at radius 2 is 1.92 bits per heavy atom. The predicted octanol–water partition coefficient (Wildman–Crippen LogP) is 4.93. The number of carbonyl (C=O) groups is 1. The maximum atomic E-state index is 12.1. The molecule has 2 N–H and O–H groups in total. The van der Waals surface area contributed by atoms with Crippen LogP contribution in [0.1, 0.15) is 48.1 Å². The van der Waals surface area contributed by atoms with E-state index >= 15 is 0 Å². The van der Waals surface area contributed by atoms with Crippen LogP contribution in [0.5, 0.6) is 0 Å². The Balaban J connectivity index is 1.49. The summed E-state index contributed by atoms with van der Waals surface area (Å²) in [6.07, 6.45) is 5.73. The standard InChI is InChI=1S/C21H25BrN2O/c1-15(18-10-9-17-6-2-3-7-19(17)14-18)24-21(25)23-12-11-16-5-4-8-20(22)13-16/h4-5,8-10,13-15H,2-3,6-7,11-12H2,1H3,(H2,23,24,25). The lowest BCUT2D eigenvalue weighted by atomic mass is 9.89. The lowest BCUT2D eigenvalue weighted by Crippen LogP contribution is -2.38. The highest BCUT2D eigenvalue weighted by atomic mass is 79.9. The smallest absolute Gasteiger partial charge is 0.315 e. The van der Waals surface area contributed by atoms with Gasteiger partial charge in [-0.3, -0.25) is 0 Å². The first-order chi connectivity index (χ1) is 12.1. The fraction of sp³-hybridized carbons (Fsp3) is 0.381. The van der Waals surface area contributed by atoms with E-state index in [2.05, 4.69) is 56.9 Å². The van der Waals surface area contributed by atoms with Crippen LogP contribution < -0.4 is 10.6 Å². The molecule has 1 aliphatic carbocycles. The summed E-state index contributed by atoms with van der Waals surface area (Å²) in [4.78, 5) is 12.1. The summed E-state index contributed by atoms with van der Waals surface area (Å²) in [5, 5.41) is 5.99. The van der Waals surface area contributed by atoms with Gasteiger partial charge in [-0.1, -0.05) is 46.3 Å². The third kappa shape index (κ3) is 5.08. The number of hydrogen-bond donors (Lipinski definition) is 2. The molecule has 1 atom stereocenters. The maximum absolute atomic E-state index is 12.1. The van der Waals surface area contributed by atoms with Gasteiger partial charge in [0.2, 0.25) is 0 Å². The van der Waals surface area contributed by atoms with Gasteiger partial charge in [-0.05, 0) is 73.4 Å². The van der Waals surface area contributed by atoms with Crippen molar-refractivity contribution < 1.29 is 4.79 Å². The number of nitrogens with one attached hydrogen (secondary N) is 2. The quantitative estimate of drug-likeness (QED) is 0.733. The van der Waals surface area contributed by atoms with Crippen LogP contribution in [-0.2, 0) is 19.3 Å². The van der Waals surface area contributed by atoms with Crippen LogP contribution in [0, 0.1) is 0 Å². The molecule has 1 aliphatic rings. The van der Waals surface area contributed by atoms with E-state index in [4.69, 9.17) is 0 Å². The summed E-state index contributed by atoms with van der Waals surface area (Å²) in [5.74, 6) is 0. The van der Waals surface area contributed by atoms with Crippen molar-refractivity contribution in [3.05, 3.63) is 69.2 Å². The molecule has 2 amide bonds. The first-order valence-corrected chi connectivity index (χ1v) is 9.81. The van der Waals surface area contributed by atoms with Crippen molar-refractivity contribution in [1.29, 1.82) is 0 Å².